The van der Waals surface area contributed by atoms with E-state index in [9.17, 15) is 4.79 Å². The fraction of sp³-hybridized carbons (Fsp3) is 0.417. The standard InChI is InChI=1S/C12H16ClNOS/c1-3-8-14-12(15)9(2)16-11-6-4-10(13)5-7-11/h4-7,9H,3,8H2,1-2H3,(H,14,15)/t9-/m1/s1. The van der Waals surface area contributed by atoms with Gasteiger partial charge in [-0.2, -0.15) is 0 Å². The van der Waals surface area contributed by atoms with Crippen LogP contribution in [0.1, 0.15) is 20.3 Å². The van der Waals surface area contributed by atoms with Crippen molar-refractivity contribution in [1.29, 1.82) is 0 Å². The summed E-state index contributed by atoms with van der Waals surface area (Å²) in [7, 11) is 0. The van der Waals surface area contributed by atoms with Crippen LogP contribution in [0.25, 0.3) is 0 Å². The largest absolute Gasteiger partial charge is 0.355 e. The van der Waals surface area contributed by atoms with Crippen LogP contribution in [0.5, 0.6) is 0 Å². The Balaban J connectivity index is 2.47. The van der Waals surface area contributed by atoms with Gasteiger partial charge in [-0.05, 0) is 37.6 Å². The SMILES string of the molecule is CCCNC(=O)[C@@H](C)Sc1ccc(Cl)cc1. The van der Waals surface area contributed by atoms with E-state index < -0.39 is 0 Å². The molecule has 0 fully saturated rings. The second-order valence-electron chi connectivity index (χ2n) is 3.51. The van der Waals surface area contributed by atoms with E-state index in [-0.39, 0.29) is 11.2 Å². The maximum atomic E-state index is 11.6. The minimum Gasteiger partial charge on any atom is -0.355 e. The van der Waals surface area contributed by atoms with Gasteiger partial charge in [0.15, 0.2) is 0 Å². The lowest BCUT2D eigenvalue weighted by Crippen LogP contribution is -2.31. The second kappa shape index (κ2) is 6.81. The van der Waals surface area contributed by atoms with Crippen molar-refractivity contribution in [2.75, 3.05) is 6.54 Å². The third-order valence-corrected chi connectivity index (χ3v) is 3.41. The maximum Gasteiger partial charge on any atom is 0.233 e. The maximum absolute atomic E-state index is 11.6. The number of nitrogens with one attached hydrogen (secondary N) is 1. The van der Waals surface area contributed by atoms with Crippen LogP contribution in [0.3, 0.4) is 0 Å². The van der Waals surface area contributed by atoms with Gasteiger partial charge < -0.3 is 5.32 Å². The highest BCUT2D eigenvalue weighted by Gasteiger charge is 2.13. The Morgan fingerprint density at radius 2 is 2.06 bits per heavy atom. The van der Waals surface area contributed by atoms with Crippen molar-refractivity contribution in [2.24, 2.45) is 0 Å². The van der Waals surface area contributed by atoms with E-state index in [4.69, 9.17) is 11.6 Å². The molecule has 1 atom stereocenters. The van der Waals surface area contributed by atoms with Gasteiger partial charge in [0.05, 0.1) is 5.25 Å². The van der Waals surface area contributed by atoms with Crippen LogP contribution < -0.4 is 5.32 Å². The summed E-state index contributed by atoms with van der Waals surface area (Å²) in [4.78, 5) is 12.7. The average Bonchev–Trinajstić information content (AvgIpc) is 2.29. The van der Waals surface area contributed by atoms with Gasteiger partial charge in [0.2, 0.25) is 5.91 Å². The molecule has 1 amide bonds. The molecule has 0 aliphatic rings. The number of amides is 1. The van der Waals surface area contributed by atoms with Gasteiger partial charge in [-0.1, -0.05) is 18.5 Å². The van der Waals surface area contributed by atoms with Gasteiger partial charge in [0, 0.05) is 16.5 Å². The summed E-state index contributed by atoms with van der Waals surface area (Å²) in [6, 6.07) is 7.52. The minimum atomic E-state index is -0.0762. The van der Waals surface area contributed by atoms with Gasteiger partial charge >= 0.3 is 0 Å². The Kier molecular flexibility index (Phi) is 5.71. The van der Waals surface area contributed by atoms with Crippen LogP contribution in [0.4, 0.5) is 0 Å². The van der Waals surface area contributed by atoms with E-state index in [1.807, 2.05) is 38.1 Å². The summed E-state index contributed by atoms with van der Waals surface area (Å²) in [5.41, 5.74) is 0. The van der Waals surface area contributed by atoms with Gasteiger partial charge in [-0.25, -0.2) is 0 Å². The summed E-state index contributed by atoms with van der Waals surface area (Å²) in [5, 5.41) is 3.52. The van der Waals surface area contributed by atoms with Crippen molar-refractivity contribution in [3.8, 4) is 0 Å². The van der Waals surface area contributed by atoms with E-state index in [0.29, 0.717) is 5.02 Å². The third-order valence-electron chi connectivity index (χ3n) is 2.04. The molecule has 1 N–H and O–H groups in total. The Hall–Kier alpha value is -0.670. The first kappa shape index (κ1) is 13.4. The number of carbonyl (C=O) groups excluding carboxylic acids is 1. The van der Waals surface area contributed by atoms with Crippen molar-refractivity contribution >= 4 is 29.3 Å². The van der Waals surface area contributed by atoms with Gasteiger partial charge in [0.1, 0.15) is 0 Å². The molecular formula is C12H16ClNOS. The van der Waals surface area contributed by atoms with Crippen LogP contribution in [0.2, 0.25) is 5.02 Å². The van der Waals surface area contributed by atoms with Crippen molar-refractivity contribution < 1.29 is 4.79 Å². The molecule has 0 saturated carbocycles. The number of carbonyl (C=O) groups is 1. The highest BCUT2D eigenvalue weighted by molar-refractivity contribution is 8.00. The molecule has 0 aliphatic carbocycles. The molecule has 4 heteroatoms. The van der Waals surface area contributed by atoms with Crippen molar-refractivity contribution in [3.63, 3.8) is 0 Å². The summed E-state index contributed by atoms with van der Waals surface area (Å²) in [6.45, 7) is 4.69. The Morgan fingerprint density at radius 1 is 1.44 bits per heavy atom. The zero-order valence-corrected chi connectivity index (χ0v) is 11.1. The van der Waals surface area contributed by atoms with Crippen LogP contribution in [-0.2, 0) is 4.79 Å². The molecular weight excluding hydrogens is 242 g/mol. The van der Waals surface area contributed by atoms with E-state index in [1.54, 1.807) is 11.8 Å². The van der Waals surface area contributed by atoms with Crippen molar-refractivity contribution in [3.05, 3.63) is 29.3 Å². The molecule has 0 heterocycles. The number of hydrogen-bond donors (Lipinski definition) is 1. The van der Waals surface area contributed by atoms with E-state index in [1.165, 1.54) is 0 Å². The molecule has 0 aromatic heterocycles. The molecule has 0 bridgehead atoms. The predicted molar refractivity (Wildman–Crippen MR) is 70.1 cm³/mol. The van der Waals surface area contributed by atoms with Gasteiger partial charge in [-0.3, -0.25) is 4.79 Å². The Labute approximate surface area is 106 Å². The van der Waals surface area contributed by atoms with Crippen molar-refractivity contribution in [2.45, 2.75) is 30.4 Å². The molecule has 2 nitrogen and oxygen atoms in total. The molecule has 16 heavy (non-hydrogen) atoms. The van der Waals surface area contributed by atoms with E-state index in [0.717, 1.165) is 17.9 Å². The quantitative estimate of drug-likeness (QED) is 0.820. The Morgan fingerprint density at radius 3 is 2.62 bits per heavy atom. The second-order valence-corrected chi connectivity index (χ2v) is 5.36. The lowest BCUT2D eigenvalue weighted by Gasteiger charge is -2.11. The highest BCUT2D eigenvalue weighted by atomic mass is 35.5. The van der Waals surface area contributed by atoms with Crippen LogP contribution in [-0.4, -0.2) is 17.7 Å². The molecule has 0 radical (unpaired) electrons. The molecule has 0 aliphatic heterocycles. The number of thioether (sulfide) groups is 1. The number of rotatable bonds is 5. The first-order chi connectivity index (χ1) is 7.63. The molecule has 0 unspecified atom stereocenters. The Bertz CT molecular complexity index is 339. The monoisotopic (exact) mass is 257 g/mol. The van der Waals surface area contributed by atoms with E-state index >= 15 is 0 Å². The topological polar surface area (TPSA) is 29.1 Å². The molecule has 1 aromatic rings. The minimum absolute atomic E-state index is 0.0762. The normalized spacial score (nSPS) is 12.2. The molecule has 0 spiro atoms. The summed E-state index contributed by atoms with van der Waals surface area (Å²) >= 11 is 7.33. The molecule has 1 aromatic carbocycles. The van der Waals surface area contributed by atoms with Crippen LogP contribution in [0.15, 0.2) is 29.2 Å². The first-order valence-corrected chi connectivity index (χ1v) is 6.59. The summed E-state index contributed by atoms with van der Waals surface area (Å²) in [5.74, 6) is 0.0850. The fourth-order valence-electron chi connectivity index (χ4n) is 1.16. The molecule has 0 saturated heterocycles. The zero-order valence-electron chi connectivity index (χ0n) is 9.50. The van der Waals surface area contributed by atoms with Crippen LogP contribution in [0, 0.1) is 0 Å². The highest BCUT2D eigenvalue weighted by Crippen LogP contribution is 2.24. The lowest BCUT2D eigenvalue weighted by molar-refractivity contribution is -0.120. The predicted octanol–water partition coefficient (Wildman–Crippen LogP) is 3.35. The number of halogens is 1. The van der Waals surface area contributed by atoms with Crippen molar-refractivity contribution in [1.82, 2.24) is 5.32 Å². The summed E-state index contributed by atoms with van der Waals surface area (Å²) in [6.07, 6.45) is 0.962. The van der Waals surface area contributed by atoms with Gasteiger partial charge in [-0.15, -0.1) is 11.8 Å². The summed E-state index contributed by atoms with van der Waals surface area (Å²) < 4.78 is 0. The van der Waals surface area contributed by atoms with Gasteiger partial charge in [0.25, 0.3) is 0 Å². The third kappa shape index (κ3) is 4.45. The van der Waals surface area contributed by atoms with E-state index in [2.05, 4.69) is 5.32 Å². The zero-order chi connectivity index (χ0) is 12.0. The number of benzene rings is 1. The first-order valence-electron chi connectivity index (χ1n) is 5.33. The smallest absolute Gasteiger partial charge is 0.233 e. The van der Waals surface area contributed by atoms with Crippen LogP contribution >= 0.6 is 23.4 Å². The fourth-order valence-corrected chi connectivity index (χ4v) is 2.18. The lowest BCUT2D eigenvalue weighted by atomic mass is 10.4. The molecule has 88 valence electrons. The number of hydrogen-bond acceptors (Lipinski definition) is 2. The average molecular weight is 258 g/mol. The molecule has 1 rings (SSSR count).